The van der Waals surface area contributed by atoms with E-state index in [4.69, 9.17) is 4.74 Å². The minimum Gasteiger partial charge on any atom is -0.449 e. The van der Waals surface area contributed by atoms with Crippen LogP contribution in [0.4, 0.5) is 16.2 Å². The van der Waals surface area contributed by atoms with Gasteiger partial charge in [0.25, 0.3) is 5.69 Å². The number of anilines is 1. The molecule has 30 heavy (non-hydrogen) atoms. The van der Waals surface area contributed by atoms with Crippen molar-refractivity contribution in [2.75, 3.05) is 24.7 Å². The smallest absolute Gasteiger partial charge is 0.414 e. The number of benzene rings is 3. The lowest BCUT2D eigenvalue weighted by atomic mass is 10.1. The number of amides is 1. The van der Waals surface area contributed by atoms with Crippen molar-refractivity contribution < 1.29 is 14.5 Å². The summed E-state index contributed by atoms with van der Waals surface area (Å²) in [6.07, 6.45) is 0.159. The van der Waals surface area contributed by atoms with E-state index in [0.717, 1.165) is 5.56 Å². The van der Waals surface area contributed by atoms with E-state index in [0.29, 0.717) is 11.8 Å². The van der Waals surface area contributed by atoms with Gasteiger partial charge in [-0.1, -0.05) is 66.7 Å². The highest BCUT2D eigenvalue weighted by Gasteiger charge is 2.19. The molecule has 0 saturated carbocycles. The first-order valence-corrected chi connectivity index (χ1v) is 11.0. The van der Waals surface area contributed by atoms with Crippen molar-refractivity contribution in [2.24, 2.45) is 0 Å². The number of hydrogen-bond donors (Lipinski definition) is 0. The summed E-state index contributed by atoms with van der Waals surface area (Å²) in [5, 5.41) is 13.5. The first-order valence-electron chi connectivity index (χ1n) is 9.50. The fourth-order valence-corrected chi connectivity index (χ4v) is 5.27. The topological polar surface area (TPSA) is 72.7 Å². The zero-order chi connectivity index (χ0) is 21.5. The van der Waals surface area contributed by atoms with E-state index in [1.54, 1.807) is 20.0 Å². The average molecular weight is 422 g/mol. The quantitative estimate of drug-likeness (QED) is 0.317. The van der Waals surface area contributed by atoms with E-state index in [1.807, 2.05) is 36.4 Å². The highest BCUT2D eigenvalue weighted by Crippen LogP contribution is 2.33. The summed E-state index contributed by atoms with van der Waals surface area (Å²) >= 11 is 0. The molecule has 0 N–H and O–H groups in total. The lowest BCUT2D eigenvalue weighted by Gasteiger charge is -2.21. The lowest BCUT2D eigenvalue weighted by molar-refractivity contribution is -0.384. The Bertz CT molecular complexity index is 973. The molecule has 3 aromatic rings. The molecule has 0 aromatic heterocycles. The number of aryl methyl sites for hydroxylation is 1. The van der Waals surface area contributed by atoms with E-state index in [9.17, 15) is 14.9 Å². The Kier molecular flexibility index (Phi) is 7.15. The summed E-state index contributed by atoms with van der Waals surface area (Å²) in [6.45, 7) is 2.06. The normalized spacial score (nSPS) is 10.6. The van der Waals surface area contributed by atoms with E-state index < -0.39 is 18.9 Å². The molecule has 6 nitrogen and oxygen atoms in total. The molecule has 0 spiro atoms. The maximum atomic E-state index is 12.6. The Hall–Kier alpha value is -3.24. The summed E-state index contributed by atoms with van der Waals surface area (Å²) < 4.78 is 5.52. The number of nitro groups is 1. The van der Waals surface area contributed by atoms with Crippen molar-refractivity contribution in [3.63, 3.8) is 0 Å². The van der Waals surface area contributed by atoms with Gasteiger partial charge >= 0.3 is 6.09 Å². The monoisotopic (exact) mass is 422 g/mol. The molecule has 3 aromatic carbocycles. The molecule has 0 bridgehead atoms. The highest BCUT2D eigenvalue weighted by atomic mass is 31.1. The molecule has 0 radical (unpaired) electrons. The van der Waals surface area contributed by atoms with Gasteiger partial charge in [-0.05, 0) is 31.0 Å². The zero-order valence-electron chi connectivity index (χ0n) is 16.9. The van der Waals surface area contributed by atoms with Crippen LogP contribution in [0.25, 0.3) is 0 Å². The van der Waals surface area contributed by atoms with Crippen LogP contribution in [0.5, 0.6) is 0 Å². The fourth-order valence-electron chi connectivity index (χ4n) is 3.12. The first kappa shape index (κ1) is 21.5. The van der Waals surface area contributed by atoms with Crippen molar-refractivity contribution in [1.29, 1.82) is 0 Å². The zero-order valence-corrected chi connectivity index (χ0v) is 17.8. The second-order valence-corrected chi connectivity index (χ2v) is 9.06. The molecule has 0 unspecified atom stereocenters. The van der Waals surface area contributed by atoms with Gasteiger partial charge in [0.2, 0.25) is 0 Å². The standard InChI is InChI=1S/C23H23N2O4P/c1-18-13-14-19(25(27)28)17-22(18)24(2)23(26)29-15-16-30(20-9-5-3-6-10-20)21-11-7-4-8-12-21/h3-14,17H,15-16H2,1-2H3. The largest absolute Gasteiger partial charge is 0.449 e. The van der Waals surface area contributed by atoms with Crippen LogP contribution in [-0.4, -0.2) is 30.8 Å². The van der Waals surface area contributed by atoms with Crippen LogP contribution < -0.4 is 15.5 Å². The minimum atomic E-state index is -0.660. The van der Waals surface area contributed by atoms with Gasteiger partial charge in [0, 0.05) is 25.3 Å². The molecule has 3 rings (SSSR count). The third-order valence-electron chi connectivity index (χ3n) is 4.71. The molecule has 0 aliphatic rings. The van der Waals surface area contributed by atoms with Gasteiger partial charge in [0.1, 0.15) is 0 Å². The van der Waals surface area contributed by atoms with Gasteiger partial charge in [-0.2, -0.15) is 0 Å². The number of rotatable bonds is 7. The molecule has 0 saturated heterocycles. The second kappa shape index (κ2) is 9.99. The molecule has 0 aliphatic heterocycles. The highest BCUT2D eigenvalue weighted by molar-refractivity contribution is 7.73. The summed E-state index contributed by atoms with van der Waals surface area (Å²) in [5.41, 5.74) is 1.16. The lowest BCUT2D eigenvalue weighted by Crippen LogP contribution is -2.29. The maximum Gasteiger partial charge on any atom is 0.414 e. The third kappa shape index (κ3) is 5.22. The van der Waals surface area contributed by atoms with Crippen LogP contribution in [0, 0.1) is 17.0 Å². The number of hydrogen-bond acceptors (Lipinski definition) is 4. The number of non-ortho nitro benzene ring substituents is 1. The van der Waals surface area contributed by atoms with Gasteiger partial charge < -0.3 is 4.74 Å². The van der Waals surface area contributed by atoms with Crippen LogP contribution in [0.2, 0.25) is 0 Å². The fraction of sp³-hybridized carbons (Fsp3) is 0.174. The SMILES string of the molecule is Cc1ccc([N+](=O)[O-])cc1N(C)C(=O)OCCP(c1ccccc1)c1ccccc1. The molecule has 154 valence electrons. The van der Waals surface area contributed by atoms with Gasteiger partial charge in [0.15, 0.2) is 0 Å². The molecular formula is C23H23N2O4P. The second-order valence-electron chi connectivity index (χ2n) is 6.72. The predicted octanol–water partition coefficient (Wildman–Crippen LogP) is 4.61. The summed E-state index contributed by atoms with van der Waals surface area (Å²) in [5.74, 6) is 0. The Morgan fingerprint density at radius 2 is 1.57 bits per heavy atom. The molecular weight excluding hydrogens is 399 g/mol. The molecule has 7 heteroatoms. The van der Waals surface area contributed by atoms with E-state index in [-0.39, 0.29) is 12.3 Å². The number of nitrogens with zero attached hydrogens (tertiary/aromatic N) is 2. The van der Waals surface area contributed by atoms with Crippen LogP contribution in [0.1, 0.15) is 5.56 Å². The van der Waals surface area contributed by atoms with Gasteiger partial charge in [0.05, 0.1) is 17.2 Å². The molecule has 1 amide bonds. The molecule has 0 aliphatic carbocycles. The number of carbonyl (C=O) groups excluding carboxylic acids is 1. The number of carbonyl (C=O) groups is 1. The predicted molar refractivity (Wildman–Crippen MR) is 122 cm³/mol. The summed E-state index contributed by atoms with van der Waals surface area (Å²) in [6, 6.07) is 24.8. The number of nitro benzene ring substituents is 1. The Morgan fingerprint density at radius 1 is 1.00 bits per heavy atom. The Labute approximate surface area is 177 Å². The van der Waals surface area contributed by atoms with Crippen LogP contribution in [-0.2, 0) is 4.74 Å². The van der Waals surface area contributed by atoms with E-state index >= 15 is 0 Å². The Morgan fingerprint density at radius 3 is 2.10 bits per heavy atom. The summed E-state index contributed by atoms with van der Waals surface area (Å²) in [7, 11) is 0.901. The number of ether oxygens (including phenoxy) is 1. The van der Waals surface area contributed by atoms with Crippen LogP contribution in [0.15, 0.2) is 78.9 Å². The van der Waals surface area contributed by atoms with Crippen LogP contribution >= 0.6 is 7.92 Å². The van der Waals surface area contributed by atoms with Crippen molar-refractivity contribution in [1.82, 2.24) is 0 Å². The van der Waals surface area contributed by atoms with E-state index in [1.165, 1.54) is 27.6 Å². The van der Waals surface area contributed by atoms with Gasteiger partial charge in [-0.3, -0.25) is 15.0 Å². The van der Waals surface area contributed by atoms with Crippen molar-refractivity contribution in [3.05, 3.63) is 94.5 Å². The molecule has 0 atom stereocenters. The third-order valence-corrected chi connectivity index (χ3v) is 7.19. The molecule has 0 fully saturated rings. The average Bonchev–Trinajstić information content (AvgIpc) is 2.77. The van der Waals surface area contributed by atoms with Crippen molar-refractivity contribution in [2.45, 2.75) is 6.92 Å². The molecule has 0 heterocycles. The van der Waals surface area contributed by atoms with Gasteiger partial charge in [-0.25, -0.2) is 4.79 Å². The Balaban J connectivity index is 1.69. The van der Waals surface area contributed by atoms with Crippen LogP contribution in [0.3, 0.4) is 0 Å². The van der Waals surface area contributed by atoms with Crippen molar-refractivity contribution >= 4 is 36.0 Å². The van der Waals surface area contributed by atoms with Crippen molar-refractivity contribution in [3.8, 4) is 0 Å². The summed E-state index contributed by atoms with van der Waals surface area (Å²) in [4.78, 5) is 24.5. The van der Waals surface area contributed by atoms with E-state index in [2.05, 4.69) is 24.3 Å². The first-order chi connectivity index (χ1) is 14.5. The maximum absolute atomic E-state index is 12.6. The minimum absolute atomic E-state index is 0.0630. The van der Waals surface area contributed by atoms with Gasteiger partial charge in [-0.15, -0.1) is 0 Å².